The molecule has 0 aromatic carbocycles. The van der Waals surface area contributed by atoms with Crippen LogP contribution in [0.1, 0.15) is 32.3 Å². The van der Waals surface area contributed by atoms with E-state index in [2.05, 4.69) is 41.8 Å². The van der Waals surface area contributed by atoms with Crippen LogP contribution >= 0.6 is 0 Å². The van der Waals surface area contributed by atoms with Crippen LogP contribution in [0.2, 0.25) is 0 Å². The maximum absolute atomic E-state index is 15.4. The Bertz CT molecular complexity index is 1620. The highest BCUT2D eigenvalue weighted by molar-refractivity contribution is 5.79. The largest absolute Gasteiger partial charge is 0.453 e. The number of alkyl halides is 1. The smallest absolute Gasteiger partial charge is 0.406 e. The van der Waals surface area contributed by atoms with E-state index < -0.39 is 30.4 Å². The molecule has 12 nitrogen and oxygen atoms in total. The molecule has 4 aromatic heterocycles. The molecule has 4 aromatic rings. The molecule has 1 saturated carbocycles. The summed E-state index contributed by atoms with van der Waals surface area (Å²) in [4.78, 5) is 15.9. The molecule has 4 heterocycles. The Morgan fingerprint density at radius 3 is 2.80 bits per heavy atom. The lowest BCUT2D eigenvalue weighted by Gasteiger charge is -2.36. The van der Waals surface area contributed by atoms with Crippen molar-refractivity contribution in [1.29, 1.82) is 5.26 Å². The topological polar surface area (TPSA) is 155 Å². The fraction of sp³-hybridized carbons (Fsp3) is 0.407. The van der Waals surface area contributed by atoms with Gasteiger partial charge < -0.3 is 20.5 Å². The lowest BCUT2D eigenvalue weighted by Crippen LogP contribution is -2.42. The highest BCUT2D eigenvalue weighted by atomic mass is 19.1. The van der Waals surface area contributed by atoms with Gasteiger partial charge in [-0.1, -0.05) is 5.21 Å². The molecule has 0 saturated heterocycles. The standard InChI is InChI=1S/C27H29F2N9O3/c1-27(2,40)23(28)14-37-25(29)24(35-36-37)19-13-31-21(22-5-4-18-8-16(10-30)12-33-38(18)22)9-20(19)34-17-6-15(7-17)11-32-26(39)41-3/h4-5,8-9,12-13,15,17,23,40H,6-7,11,14H2,1-3H3,(H,31,34)(H,32,39)/t15?,17?,23-/m1/s1. The number of nitrogens with zero attached hydrogens (tertiary/aromatic N) is 7. The number of hydrogen-bond donors (Lipinski definition) is 3. The second-order valence-electron chi connectivity index (χ2n) is 10.6. The van der Waals surface area contributed by atoms with E-state index >= 15 is 4.39 Å². The van der Waals surface area contributed by atoms with Crippen molar-refractivity contribution in [2.24, 2.45) is 5.92 Å². The van der Waals surface area contributed by atoms with Gasteiger partial charge in [0.25, 0.3) is 0 Å². The third-order valence-corrected chi connectivity index (χ3v) is 7.14. The number of alkyl carbamates (subject to hydrolysis) is 1. The summed E-state index contributed by atoms with van der Waals surface area (Å²) in [6.07, 6.45) is 2.16. The molecule has 0 spiro atoms. The van der Waals surface area contributed by atoms with E-state index in [1.165, 1.54) is 33.4 Å². The average Bonchev–Trinajstić information content (AvgIpc) is 3.51. The number of ether oxygens (including phenoxy) is 1. The molecule has 3 N–H and O–H groups in total. The summed E-state index contributed by atoms with van der Waals surface area (Å²) >= 11 is 0. The summed E-state index contributed by atoms with van der Waals surface area (Å²) in [5, 5.41) is 37.4. The second kappa shape index (κ2) is 11.1. The number of amides is 1. The number of pyridine rings is 1. The van der Waals surface area contributed by atoms with Gasteiger partial charge in [0.15, 0.2) is 5.69 Å². The minimum absolute atomic E-state index is 0.0253. The van der Waals surface area contributed by atoms with E-state index in [-0.39, 0.29) is 17.7 Å². The van der Waals surface area contributed by atoms with E-state index in [0.29, 0.717) is 40.3 Å². The number of nitrogens with one attached hydrogen (secondary N) is 2. The third-order valence-electron chi connectivity index (χ3n) is 7.14. The summed E-state index contributed by atoms with van der Waals surface area (Å²) in [7, 11) is 1.31. The van der Waals surface area contributed by atoms with E-state index in [9.17, 15) is 19.6 Å². The lowest BCUT2D eigenvalue weighted by molar-refractivity contribution is -0.0133. The monoisotopic (exact) mass is 565 g/mol. The molecule has 14 heteroatoms. The van der Waals surface area contributed by atoms with E-state index in [1.807, 2.05) is 12.1 Å². The van der Waals surface area contributed by atoms with Gasteiger partial charge in [-0.15, -0.1) is 5.10 Å². The van der Waals surface area contributed by atoms with Crippen LogP contribution in [-0.4, -0.2) is 72.3 Å². The van der Waals surface area contributed by atoms with Gasteiger partial charge in [0, 0.05) is 30.0 Å². The Balaban J connectivity index is 1.46. The van der Waals surface area contributed by atoms with Gasteiger partial charge in [0.1, 0.15) is 12.2 Å². The maximum Gasteiger partial charge on any atom is 0.406 e. The molecule has 1 fully saturated rings. The molecule has 0 bridgehead atoms. The van der Waals surface area contributed by atoms with Crippen molar-refractivity contribution in [3.05, 3.63) is 48.2 Å². The Morgan fingerprint density at radius 1 is 1.32 bits per heavy atom. The van der Waals surface area contributed by atoms with Crippen LogP contribution in [0, 0.1) is 23.2 Å². The summed E-state index contributed by atoms with van der Waals surface area (Å²) in [6, 6.07) is 9.19. The molecule has 5 rings (SSSR count). The van der Waals surface area contributed by atoms with Gasteiger partial charge >= 0.3 is 6.09 Å². The number of aromatic nitrogens is 6. The summed E-state index contributed by atoms with van der Waals surface area (Å²) in [5.74, 6) is -0.618. The van der Waals surface area contributed by atoms with Crippen LogP contribution in [-0.2, 0) is 11.3 Å². The normalized spacial score (nSPS) is 17.5. The predicted octanol–water partition coefficient (Wildman–Crippen LogP) is 3.32. The zero-order valence-corrected chi connectivity index (χ0v) is 22.7. The van der Waals surface area contributed by atoms with Gasteiger partial charge in [-0.2, -0.15) is 14.8 Å². The first kappa shape index (κ1) is 27.9. The van der Waals surface area contributed by atoms with Crippen LogP contribution < -0.4 is 10.6 Å². The molecule has 1 atom stereocenters. The van der Waals surface area contributed by atoms with Crippen LogP contribution in [0.25, 0.3) is 28.2 Å². The molecule has 0 unspecified atom stereocenters. The number of rotatable bonds is 9. The van der Waals surface area contributed by atoms with Gasteiger partial charge in [0.05, 0.1) is 47.9 Å². The first-order valence-electron chi connectivity index (χ1n) is 13.0. The molecule has 1 aliphatic carbocycles. The highest BCUT2D eigenvalue weighted by Gasteiger charge is 2.32. The van der Waals surface area contributed by atoms with Crippen LogP contribution in [0.4, 0.5) is 19.3 Å². The summed E-state index contributed by atoms with van der Waals surface area (Å²) in [6.45, 7) is 2.55. The Morgan fingerprint density at radius 2 is 2.10 bits per heavy atom. The Hall–Kier alpha value is -4.64. The zero-order valence-electron chi connectivity index (χ0n) is 22.7. The SMILES string of the molecule is COC(=O)NCC1CC(Nc2cc(-c3ccc4cc(C#N)cnn34)ncc2-c2nnn(C[C@@H](F)C(C)(C)O)c2F)C1. The van der Waals surface area contributed by atoms with Gasteiger partial charge in [0.2, 0.25) is 5.95 Å². The molecular weight excluding hydrogens is 536 g/mol. The molecule has 0 aliphatic heterocycles. The van der Waals surface area contributed by atoms with Crippen molar-refractivity contribution < 1.29 is 23.4 Å². The molecule has 214 valence electrons. The van der Waals surface area contributed by atoms with Crippen LogP contribution in [0.15, 0.2) is 36.7 Å². The number of aliphatic hydroxyl groups is 1. The summed E-state index contributed by atoms with van der Waals surface area (Å²) in [5.41, 5.74) is 1.39. The molecule has 0 radical (unpaired) electrons. The van der Waals surface area contributed by atoms with Crippen molar-refractivity contribution in [2.75, 3.05) is 19.0 Å². The Kier molecular flexibility index (Phi) is 7.55. The van der Waals surface area contributed by atoms with Crippen LogP contribution in [0.3, 0.4) is 0 Å². The fourth-order valence-electron chi connectivity index (χ4n) is 4.66. The minimum atomic E-state index is -1.77. The van der Waals surface area contributed by atoms with Crippen LogP contribution in [0.5, 0.6) is 0 Å². The Labute approximate surface area is 233 Å². The number of halogens is 2. The predicted molar refractivity (Wildman–Crippen MR) is 144 cm³/mol. The number of hydrogen-bond acceptors (Lipinski definition) is 9. The zero-order chi connectivity index (χ0) is 29.3. The van der Waals surface area contributed by atoms with Gasteiger partial charge in [-0.25, -0.2) is 18.4 Å². The number of fused-ring (bicyclic) bond motifs is 1. The van der Waals surface area contributed by atoms with Crippen molar-refractivity contribution in [1.82, 2.24) is 34.9 Å². The molecule has 1 amide bonds. The van der Waals surface area contributed by atoms with Gasteiger partial charge in [-0.3, -0.25) is 4.98 Å². The fourth-order valence-corrected chi connectivity index (χ4v) is 4.66. The number of carbonyl (C=O) groups excluding carboxylic acids is 1. The number of methoxy groups -OCH3 is 1. The molecular formula is C27H29F2N9O3. The second-order valence-corrected chi connectivity index (χ2v) is 10.6. The van der Waals surface area contributed by atoms with Gasteiger partial charge in [-0.05, 0) is 56.9 Å². The van der Waals surface area contributed by atoms with Crippen molar-refractivity contribution in [3.8, 4) is 28.7 Å². The first-order valence-corrected chi connectivity index (χ1v) is 13.0. The van der Waals surface area contributed by atoms with Crippen molar-refractivity contribution >= 4 is 17.3 Å². The maximum atomic E-state index is 15.4. The number of carbonyl (C=O) groups is 1. The molecule has 41 heavy (non-hydrogen) atoms. The third kappa shape index (κ3) is 5.80. The van der Waals surface area contributed by atoms with E-state index in [1.54, 1.807) is 16.6 Å². The quantitative estimate of drug-likeness (QED) is 0.277. The number of anilines is 1. The molecule has 1 aliphatic rings. The first-order chi connectivity index (χ1) is 19.6. The van der Waals surface area contributed by atoms with E-state index in [0.717, 1.165) is 17.5 Å². The number of nitriles is 1. The van der Waals surface area contributed by atoms with Crippen molar-refractivity contribution in [2.45, 2.75) is 51.0 Å². The average molecular weight is 566 g/mol. The lowest BCUT2D eigenvalue weighted by atomic mass is 9.80. The van der Waals surface area contributed by atoms with Crippen molar-refractivity contribution in [3.63, 3.8) is 0 Å². The van der Waals surface area contributed by atoms with E-state index in [4.69, 9.17) is 0 Å². The minimum Gasteiger partial charge on any atom is -0.453 e. The highest BCUT2D eigenvalue weighted by Crippen LogP contribution is 2.36. The summed E-state index contributed by atoms with van der Waals surface area (Å²) < 4.78 is 37.0.